The zero-order chi connectivity index (χ0) is 15.2. The van der Waals surface area contributed by atoms with Crippen LogP contribution in [-0.2, 0) is 0 Å². The standard InChI is InChI=1S/C19H27NO/c1-4-15(5-2)19(21)13-20-14(3)17-11-10-16-8-6-7-9-18(16)12-17/h6-12,14-15,19-21H,4-5,13H2,1-3H3. The Morgan fingerprint density at radius 1 is 1.00 bits per heavy atom. The molecule has 0 saturated heterocycles. The molecule has 2 nitrogen and oxygen atoms in total. The normalized spacial score (nSPS) is 14.5. The zero-order valence-corrected chi connectivity index (χ0v) is 13.3. The van der Waals surface area contributed by atoms with Crippen molar-refractivity contribution in [1.82, 2.24) is 5.32 Å². The molecule has 0 amide bonds. The van der Waals surface area contributed by atoms with E-state index in [0.717, 1.165) is 12.8 Å². The quantitative estimate of drug-likeness (QED) is 0.795. The first-order valence-corrected chi connectivity index (χ1v) is 8.05. The van der Waals surface area contributed by atoms with E-state index >= 15 is 0 Å². The van der Waals surface area contributed by atoms with Crippen molar-refractivity contribution in [2.45, 2.75) is 45.8 Å². The molecule has 2 unspecified atom stereocenters. The minimum Gasteiger partial charge on any atom is -0.392 e. The van der Waals surface area contributed by atoms with Crippen LogP contribution >= 0.6 is 0 Å². The molecule has 0 saturated carbocycles. The van der Waals surface area contributed by atoms with Gasteiger partial charge in [0.2, 0.25) is 0 Å². The van der Waals surface area contributed by atoms with Gasteiger partial charge >= 0.3 is 0 Å². The molecule has 0 heterocycles. The molecular formula is C19H27NO. The largest absolute Gasteiger partial charge is 0.392 e. The summed E-state index contributed by atoms with van der Waals surface area (Å²) in [6.07, 6.45) is 1.80. The first-order chi connectivity index (χ1) is 10.2. The lowest BCUT2D eigenvalue weighted by molar-refractivity contribution is 0.0989. The number of benzene rings is 2. The van der Waals surface area contributed by atoms with Gasteiger partial charge < -0.3 is 10.4 Å². The van der Waals surface area contributed by atoms with Crippen LogP contribution in [0.3, 0.4) is 0 Å². The van der Waals surface area contributed by atoms with Gasteiger partial charge in [-0.2, -0.15) is 0 Å². The molecule has 2 N–H and O–H groups in total. The van der Waals surface area contributed by atoms with E-state index in [1.54, 1.807) is 0 Å². The maximum atomic E-state index is 10.2. The summed E-state index contributed by atoms with van der Waals surface area (Å²) in [6, 6.07) is 15.2. The summed E-state index contributed by atoms with van der Waals surface area (Å²) < 4.78 is 0. The zero-order valence-electron chi connectivity index (χ0n) is 13.3. The Labute approximate surface area is 128 Å². The van der Waals surface area contributed by atoms with Crippen LogP contribution in [0.5, 0.6) is 0 Å². The highest BCUT2D eigenvalue weighted by Gasteiger charge is 2.16. The first-order valence-electron chi connectivity index (χ1n) is 8.05. The number of aliphatic hydroxyl groups excluding tert-OH is 1. The molecule has 0 radical (unpaired) electrons. The lowest BCUT2D eigenvalue weighted by Gasteiger charge is -2.23. The molecule has 0 bridgehead atoms. The number of nitrogens with one attached hydrogen (secondary N) is 1. The van der Waals surface area contributed by atoms with Crippen LogP contribution < -0.4 is 5.32 Å². The van der Waals surface area contributed by atoms with Gasteiger partial charge in [-0.25, -0.2) is 0 Å². The van der Waals surface area contributed by atoms with Gasteiger partial charge in [0.15, 0.2) is 0 Å². The van der Waals surface area contributed by atoms with Crippen molar-refractivity contribution in [3.8, 4) is 0 Å². The lowest BCUT2D eigenvalue weighted by atomic mass is 9.96. The second-order valence-electron chi connectivity index (χ2n) is 5.88. The molecule has 0 fully saturated rings. The van der Waals surface area contributed by atoms with Crippen LogP contribution in [0.1, 0.15) is 45.2 Å². The maximum Gasteiger partial charge on any atom is 0.0692 e. The van der Waals surface area contributed by atoms with Crippen molar-refractivity contribution < 1.29 is 5.11 Å². The molecule has 0 aliphatic carbocycles. The summed E-state index contributed by atoms with van der Waals surface area (Å²) in [6.45, 7) is 7.10. The van der Waals surface area contributed by atoms with E-state index in [9.17, 15) is 5.11 Å². The van der Waals surface area contributed by atoms with Crippen LogP contribution in [0.2, 0.25) is 0 Å². The summed E-state index contributed by atoms with van der Waals surface area (Å²) in [5, 5.41) is 16.2. The van der Waals surface area contributed by atoms with E-state index in [2.05, 4.69) is 68.6 Å². The van der Waals surface area contributed by atoms with Gasteiger partial charge in [-0.15, -0.1) is 0 Å². The molecule has 2 atom stereocenters. The maximum absolute atomic E-state index is 10.2. The third-order valence-electron chi connectivity index (χ3n) is 4.50. The Hall–Kier alpha value is -1.38. The highest BCUT2D eigenvalue weighted by Crippen LogP contribution is 2.20. The van der Waals surface area contributed by atoms with Crippen LogP contribution in [0.25, 0.3) is 10.8 Å². The van der Waals surface area contributed by atoms with Crippen molar-refractivity contribution >= 4 is 10.8 Å². The summed E-state index contributed by atoms with van der Waals surface area (Å²) in [5.74, 6) is 0.390. The van der Waals surface area contributed by atoms with Crippen LogP contribution in [0.15, 0.2) is 42.5 Å². The van der Waals surface area contributed by atoms with Crippen molar-refractivity contribution in [3.63, 3.8) is 0 Å². The van der Waals surface area contributed by atoms with Crippen molar-refractivity contribution in [2.75, 3.05) is 6.54 Å². The van der Waals surface area contributed by atoms with Crippen molar-refractivity contribution in [3.05, 3.63) is 48.0 Å². The smallest absolute Gasteiger partial charge is 0.0692 e. The minimum atomic E-state index is -0.261. The van der Waals surface area contributed by atoms with Gasteiger partial charge in [-0.3, -0.25) is 0 Å². The fourth-order valence-electron chi connectivity index (χ4n) is 2.89. The van der Waals surface area contributed by atoms with Gasteiger partial charge in [0.05, 0.1) is 6.10 Å². The summed E-state index contributed by atoms with van der Waals surface area (Å²) >= 11 is 0. The van der Waals surface area contributed by atoms with Gasteiger partial charge in [0, 0.05) is 12.6 Å². The van der Waals surface area contributed by atoms with Gasteiger partial charge in [-0.05, 0) is 35.2 Å². The molecule has 21 heavy (non-hydrogen) atoms. The average Bonchev–Trinajstić information content (AvgIpc) is 2.53. The fraction of sp³-hybridized carbons (Fsp3) is 0.474. The number of fused-ring (bicyclic) bond motifs is 1. The Balaban J connectivity index is 2.00. The van der Waals surface area contributed by atoms with Crippen LogP contribution in [-0.4, -0.2) is 17.8 Å². The van der Waals surface area contributed by atoms with E-state index in [1.165, 1.54) is 16.3 Å². The summed E-state index contributed by atoms with van der Waals surface area (Å²) in [5.41, 5.74) is 1.27. The number of hydrogen-bond acceptors (Lipinski definition) is 2. The Morgan fingerprint density at radius 2 is 1.67 bits per heavy atom. The second kappa shape index (κ2) is 7.58. The van der Waals surface area contributed by atoms with Crippen molar-refractivity contribution in [1.29, 1.82) is 0 Å². The fourth-order valence-corrected chi connectivity index (χ4v) is 2.89. The van der Waals surface area contributed by atoms with Crippen LogP contribution in [0, 0.1) is 5.92 Å². The molecule has 2 aromatic carbocycles. The van der Waals surface area contributed by atoms with E-state index in [-0.39, 0.29) is 12.1 Å². The predicted octanol–water partition coefficient (Wildman–Crippen LogP) is 4.29. The molecule has 114 valence electrons. The molecule has 0 aromatic heterocycles. The predicted molar refractivity (Wildman–Crippen MR) is 90.4 cm³/mol. The van der Waals surface area contributed by atoms with E-state index in [4.69, 9.17) is 0 Å². The van der Waals surface area contributed by atoms with Crippen LogP contribution in [0.4, 0.5) is 0 Å². The minimum absolute atomic E-state index is 0.249. The lowest BCUT2D eigenvalue weighted by Crippen LogP contribution is -2.33. The Kier molecular flexibility index (Phi) is 5.77. The topological polar surface area (TPSA) is 32.3 Å². The number of aliphatic hydroxyl groups is 1. The molecule has 0 aliphatic heterocycles. The van der Waals surface area contributed by atoms with Gasteiger partial charge in [0.1, 0.15) is 0 Å². The summed E-state index contributed by atoms with van der Waals surface area (Å²) in [4.78, 5) is 0. The molecule has 0 spiro atoms. The number of rotatable bonds is 7. The monoisotopic (exact) mass is 285 g/mol. The van der Waals surface area contributed by atoms with E-state index in [1.807, 2.05) is 0 Å². The third kappa shape index (κ3) is 4.05. The molecule has 0 aliphatic rings. The SMILES string of the molecule is CCC(CC)C(O)CNC(C)c1ccc2ccccc2c1. The Bertz CT molecular complexity index is 562. The third-order valence-corrected chi connectivity index (χ3v) is 4.50. The molecule has 2 heteroatoms. The average molecular weight is 285 g/mol. The highest BCUT2D eigenvalue weighted by atomic mass is 16.3. The number of hydrogen-bond donors (Lipinski definition) is 2. The van der Waals surface area contributed by atoms with E-state index in [0.29, 0.717) is 12.5 Å². The first kappa shape index (κ1) is 16.0. The molecular weight excluding hydrogens is 258 g/mol. The second-order valence-corrected chi connectivity index (χ2v) is 5.88. The molecule has 2 rings (SSSR count). The van der Waals surface area contributed by atoms with Gasteiger partial charge in [0.25, 0.3) is 0 Å². The highest BCUT2D eigenvalue weighted by molar-refractivity contribution is 5.83. The summed E-state index contributed by atoms with van der Waals surface area (Å²) in [7, 11) is 0. The van der Waals surface area contributed by atoms with Gasteiger partial charge in [-0.1, -0.05) is 63.1 Å². The van der Waals surface area contributed by atoms with Crippen molar-refractivity contribution in [2.24, 2.45) is 5.92 Å². The molecule has 2 aromatic rings. The van der Waals surface area contributed by atoms with E-state index < -0.39 is 0 Å². The Morgan fingerprint density at radius 3 is 2.33 bits per heavy atom.